The van der Waals surface area contributed by atoms with Gasteiger partial charge in [-0.25, -0.2) is 5.43 Å². The first-order valence-electron chi connectivity index (χ1n) is 13.8. The number of hydrazine groups is 1. The van der Waals surface area contributed by atoms with Crippen molar-refractivity contribution in [2.45, 2.75) is 31.6 Å². The number of amides is 2. The molecule has 42 heavy (non-hydrogen) atoms. The highest BCUT2D eigenvalue weighted by Gasteiger charge is 2.43. The van der Waals surface area contributed by atoms with Crippen molar-refractivity contribution in [2.24, 2.45) is 0 Å². The van der Waals surface area contributed by atoms with Crippen LogP contribution >= 0.6 is 11.6 Å². The van der Waals surface area contributed by atoms with Crippen molar-refractivity contribution < 1.29 is 22.8 Å². The van der Waals surface area contributed by atoms with Gasteiger partial charge < -0.3 is 25.3 Å². The number of nitrogens with zero attached hydrogens (tertiary/aromatic N) is 4. The first-order chi connectivity index (χ1) is 19.8. The van der Waals surface area contributed by atoms with Crippen molar-refractivity contribution in [1.82, 2.24) is 30.5 Å². The maximum absolute atomic E-state index is 13.8. The number of hydrogen-bond acceptors (Lipinski definition) is 7. The van der Waals surface area contributed by atoms with Crippen LogP contribution in [0.5, 0.6) is 0 Å². The molecule has 0 spiro atoms. The highest BCUT2D eigenvalue weighted by atomic mass is 35.5. The quantitative estimate of drug-likeness (QED) is 0.481. The van der Waals surface area contributed by atoms with Gasteiger partial charge in [0.1, 0.15) is 11.4 Å². The number of rotatable bonds is 5. The molecule has 1 atom stereocenters. The van der Waals surface area contributed by atoms with E-state index in [1.165, 1.54) is 12.1 Å². The Labute approximate surface area is 248 Å². The molecule has 1 saturated heterocycles. The zero-order chi connectivity index (χ0) is 30.2. The fourth-order valence-electron chi connectivity index (χ4n) is 5.64. The number of nitrogens with one attached hydrogen (secondary N) is 3. The normalized spacial score (nSPS) is 21.6. The Kier molecular flexibility index (Phi) is 8.32. The van der Waals surface area contributed by atoms with Crippen LogP contribution in [0.25, 0.3) is 0 Å². The van der Waals surface area contributed by atoms with Gasteiger partial charge in [0.15, 0.2) is 0 Å². The van der Waals surface area contributed by atoms with Gasteiger partial charge >= 0.3 is 6.18 Å². The lowest BCUT2D eigenvalue weighted by Gasteiger charge is -2.47. The topological polar surface area (TPSA) is 83.2 Å². The second-order valence-electron chi connectivity index (χ2n) is 11.2. The number of carbonyl (C=O) groups excluding carboxylic acids is 2. The molecule has 3 aliphatic rings. The van der Waals surface area contributed by atoms with Gasteiger partial charge in [0, 0.05) is 75.6 Å². The molecule has 3 aliphatic heterocycles. The molecule has 1 unspecified atom stereocenters. The van der Waals surface area contributed by atoms with E-state index in [4.69, 9.17) is 11.6 Å². The Morgan fingerprint density at radius 1 is 1.02 bits per heavy atom. The third-order valence-electron chi connectivity index (χ3n) is 8.02. The first-order valence-corrected chi connectivity index (χ1v) is 14.2. The molecule has 0 saturated carbocycles. The van der Waals surface area contributed by atoms with Crippen LogP contribution in [0.1, 0.15) is 34.8 Å². The molecular weight excluding hydrogens is 571 g/mol. The smallest absolute Gasteiger partial charge is 0.367 e. The van der Waals surface area contributed by atoms with Crippen molar-refractivity contribution >= 4 is 29.1 Å². The summed E-state index contributed by atoms with van der Waals surface area (Å²) in [6.45, 7) is 5.71. The van der Waals surface area contributed by atoms with Crippen molar-refractivity contribution in [1.29, 1.82) is 0 Å². The lowest BCUT2D eigenvalue weighted by Crippen LogP contribution is -2.64. The number of halogens is 4. The van der Waals surface area contributed by atoms with Crippen LogP contribution in [0.2, 0.25) is 5.02 Å². The van der Waals surface area contributed by atoms with E-state index in [0.29, 0.717) is 43.3 Å². The Morgan fingerprint density at radius 3 is 2.38 bits per heavy atom. The zero-order valence-electron chi connectivity index (χ0n) is 23.8. The third kappa shape index (κ3) is 6.30. The summed E-state index contributed by atoms with van der Waals surface area (Å²) in [5.74, 6) is 0.346. The highest BCUT2D eigenvalue weighted by molar-refractivity contribution is 6.30. The molecule has 2 amide bonds. The summed E-state index contributed by atoms with van der Waals surface area (Å²) >= 11 is 6.08. The van der Waals surface area contributed by atoms with Gasteiger partial charge in [-0.05, 0) is 62.0 Å². The number of anilines is 1. The predicted octanol–water partition coefficient (Wildman–Crippen LogP) is 3.56. The van der Waals surface area contributed by atoms with E-state index in [-0.39, 0.29) is 35.4 Å². The summed E-state index contributed by atoms with van der Waals surface area (Å²) in [5, 5.41) is 8.16. The van der Waals surface area contributed by atoms with E-state index < -0.39 is 17.3 Å². The summed E-state index contributed by atoms with van der Waals surface area (Å²) in [7, 11) is 3.79. The first kappa shape index (κ1) is 30.0. The van der Waals surface area contributed by atoms with E-state index in [0.717, 1.165) is 24.9 Å². The summed E-state index contributed by atoms with van der Waals surface area (Å²) < 4.78 is 41.3. The van der Waals surface area contributed by atoms with Crippen LogP contribution in [0, 0.1) is 0 Å². The van der Waals surface area contributed by atoms with Crippen LogP contribution in [-0.2, 0) is 17.5 Å². The molecule has 13 heteroatoms. The van der Waals surface area contributed by atoms with Gasteiger partial charge in [-0.1, -0.05) is 11.6 Å². The van der Waals surface area contributed by atoms with Crippen LogP contribution in [0.4, 0.5) is 18.9 Å². The molecular formula is C29H35ClF3N7O2. The van der Waals surface area contributed by atoms with Crippen LogP contribution in [0.3, 0.4) is 0 Å². The zero-order valence-corrected chi connectivity index (χ0v) is 24.6. The summed E-state index contributed by atoms with van der Waals surface area (Å²) in [4.78, 5) is 32.4. The Morgan fingerprint density at radius 2 is 1.71 bits per heavy atom. The van der Waals surface area contributed by atoms with E-state index in [1.54, 1.807) is 43.2 Å². The van der Waals surface area contributed by atoms with Crippen molar-refractivity contribution in [2.75, 3.05) is 58.7 Å². The number of benzene rings is 2. The second-order valence-corrected chi connectivity index (χ2v) is 11.7. The van der Waals surface area contributed by atoms with Crippen LogP contribution < -0.4 is 16.1 Å². The molecule has 9 nitrogen and oxygen atoms in total. The molecule has 0 radical (unpaired) electrons. The molecule has 3 N–H and O–H groups in total. The van der Waals surface area contributed by atoms with Crippen molar-refractivity contribution in [3.8, 4) is 0 Å². The lowest BCUT2D eigenvalue weighted by atomic mass is 9.91. The third-order valence-corrected chi connectivity index (χ3v) is 8.25. The van der Waals surface area contributed by atoms with Gasteiger partial charge in [-0.2, -0.15) is 13.2 Å². The minimum Gasteiger partial charge on any atom is -0.367 e. The molecule has 2 aromatic carbocycles. The maximum atomic E-state index is 13.8. The van der Waals surface area contributed by atoms with Gasteiger partial charge in [0.2, 0.25) is 5.91 Å². The van der Waals surface area contributed by atoms with E-state index in [1.807, 2.05) is 16.8 Å². The average Bonchev–Trinajstić information content (AvgIpc) is 2.93. The fourth-order valence-corrected chi connectivity index (χ4v) is 5.84. The van der Waals surface area contributed by atoms with E-state index in [2.05, 4.69) is 21.0 Å². The highest BCUT2D eigenvalue weighted by Crippen LogP contribution is 2.36. The molecule has 3 heterocycles. The molecule has 2 aromatic rings. The molecule has 5 rings (SSSR count). The number of likely N-dealkylation sites (N-methyl/N-ethyl adjacent to an activating group) is 1. The SMILES string of the molecule is CN1CCN(C(=O)c2ccc(NC(=O)C3(C)CC4=C(NCCN4Cc4cc(Cl)ccc4C(F)(F)F)N(C)N3)cc2)CC1. The molecule has 0 aliphatic carbocycles. The average molecular weight is 606 g/mol. The minimum absolute atomic E-state index is 0.00967. The van der Waals surface area contributed by atoms with Crippen molar-refractivity contribution in [3.63, 3.8) is 0 Å². The standard InChI is InChI=1S/C29H35ClF3N7O2/c1-28(27(42)35-22-7-4-19(5-8-22)26(41)39-14-12-37(2)13-15-39)17-24-25(38(3)36-28)34-10-11-40(24)18-20-16-21(30)6-9-23(20)29(31,32)33/h4-9,16,34,36H,10-15,17-18H2,1-3H3,(H,35,42). The Balaban J connectivity index is 1.30. The van der Waals surface area contributed by atoms with Gasteiger partial charge in [-0.15, -0.1) is 0 Å². The number of alkyl halides is 3. The molecule has 0 aromatic heterocycles. The van der Waals surface area contributed by atoms with Gasteiger partial charge in [0.05, 0.1) is 11.3 Å². The summed E-state index contributed by atoms with van der Waals surface area (Å²) in [6.07, 6.45) is -4.29. The summed E-state index contributed by atoms with van der Waals surface area (Å²) in [6, 6.07) is 10.4. The van der Waals surface area contributed by atoms with Gasteiger partial charge in [-0.3, -0.25) is 14.6 Å². The second kappa shape index (κ2) is 11.7. The molecule has 1 fully saturated rings. The largest absolute Gasteiger partial charge is 0.416 e. The fraction of sp³-hybridized carbons (Fsp3) is 0.448. The Bertz CT molecular complexity index is 1380. The van der Waals surface area contributed by atoms with E-state index >= 15 is 0 Å². The Hall–Kier alpha value is -3.48. The maximum Gasteiger partial charge on any atom is 0.416 e. The van der Waals surface area contributed by atoms with Crippen LogP contribution in [0.15, 0.2) is 54.0 Å². The van der Waals surface area contributed by atoms with Crippen molar-refractivity contribution in [3.05, 3.63) is 75.7 Å². The minimum atomic E-state index is -4.52. The monoisotopic (exact) mass is 605 g/mol. The number of carbonyl (C=O) groups is 2. The molecule has 0 bridgehead atoms. The number of piperazine rings is 1. The van der Waals surface area contributed by atoms with Gasteiger partial charge in [0.25, 0.3) is 5.91 Å². The van der Waals surface area contributed by atoms with Crippen LogP contribution in [-0.4, -0.2) is 90.4 Å². The number of hydrogen-bond donors (Lipinski definition) is 3. The summed E-state index contributed by atoms with van der Waals surface area (Å²) in [5.41, 5.74) is 3.27. The molecule has 226 valence electrons. The van der Waals surface area contributed by atoms with E-state index in [9.17, 15) is 22.8 Å². The predicted molar refractivity (Wildman–Crippen MR) is 154 cm³/mol. The lowest BCUT2D eigenvalue weighted by molar-refractivity contribution is -0.138.